The molecule has 4 aromatic rings. The zero-order chi connectivity index (χ0) is 26.5. The second kappa shape index (κ2) is 9.23. The molecule has 5 rings (SSSR count). The number of alkyl halides is 2. The third-order valence-electron chi connectivity index (χ3n) is 6.61. The first kappa shape index (κ1) is 24.8. The zero-order valence-electron chi connectivity index (χ0n) is 19.8. The van der Waals surface area contributed by atoms with Crippen LogP contribution in [-0.2, 0) is 9.59 Å². The summed E-state index contributed by atoms with van der Waals surface area (Å²) >= 11 is 6.48. The molecule has 0 spiro atoms. The Morgan fingerprint density at radius 3 is 2.41 bits per heavy atom. The van der Waals surface area contributed by atoms with E-state index in [2.05, 4.69) is 10.4 Å². The highest BCUT2D eigenvalue weighted by Gasteiger charge is 2.50. The Morgan fingerprint density at radius 2 is 1.73 bits per heavy atom. The van der Waals surface area contributed by atoms with Gasteiger partial charge in [0.25, 0.3) is 5.91 Å². The number of carbonyl (C=O) groups excluding carboxylic acids is 2. The molecule has 0 aliphatic carbocycles. The van der Waals surface area contributed by atoms with E-state index in [1.807, 2.05) is 0 Å². The van der Waals surface area contributed by atoms with E-state index in [0.29, 0.717) is 34.3 Å². The van der Waals surface area contributed by atoms with Gasteiger partial charge in [-0.1, -0.05) is 36.7 Å². The Balaban J connectivity index is 1.59. The minimum absolute atomic E-state index is 0.340. The molecule has 3 aromatic carbocycles. The Kier molecular flexibility index (Phi) is 6.19. The van der Waals surface area contributed by atoms with E-state index in [4.69, 9.17) is 11.6 Å². The predicted octanol–water partition coefficient (Wildman–Crippen LogP) is 5.68. The Hall–Kier alpha value is -3.85. The number of amides is 2. The van der Waals surface area contributed by atoms with Gasteiger partial charge in [0.05, 0.1) is 35.4 Å². The largest absolute Gasteiger partial charge is 0.345 e. The normalized spacial score (nSPS) is 20.0. The Labute approximate surface area is 215 Å². The molecule has 2 heterocycles. The predicted molar refractivity (Wildman–Crippen MR) is 134 cm³/mol. The van der Waals surface area contributed by atoms with E-state index in [0.717, 1.165) is 5.52 Å². The first-order valence-corrected chi connectivity index (χ1v) is 11.9. The number of nitrogens with one attached hydrogen (secondary N) is 1. The van der Waals surface area contributed by atoms with E-state index >= 15 is 0 Å². The van der Waals surface area contributed by atoms with Gasteiger partial charge in [-0.25, -0.2) is 9.07 Å². The van der Waals surface area contributed by atoms with Gasteiger partial charge in [0.15, 0.2) is 0 Å². The molecule has 6 nitrogen and oxygen atoms in total. The molecule has 0 bridgehead atoms. The molecule has 10 heteroatoms. The molecule has 1 N–H and O–H groups in total. The molecule has 190 valence electrons. The third-order valence-corrected chi connectivity index (χ3v) is 6.95. The molecular formula is C27H22ClF3N4O2. The van der Waals surface area contributed by atoms with Crippen molar-refractivity contribution in [2.45, 2.75) is 31.9 Å². The zero-order valence-corrected chi connectivity index (χ0v) is 20.6. The third kappa shape index (κ3) is 4.44. The Bertz CT molecular complexity index is 1500. The average molecular weight is 527 g/mol. The molecule has 1 aliphatic rings. The molecule has 1 saturated heterocycles. The number of anilines is 1. The fourth-order valence-electron chi connectivity index (χ4n) is 4.72. The van der Waals surface area contributed by atoms with Crippen molar-refractivity contribution in [1.82, 2.24) is 15.1 Å². The van der Waals surface area contributed by atoms with E-state index in [1.165, 1.54) is 17.0 Å². The van der Waals surface area contributed by atoms with Gasteiger partial charge in [-0.05, 0) is 54.1 Å². The summed E-state index contributed by atoms with van der Waals surface area (Å²) in [6.45, 7) is 2.11. The number of nitrogens with zero attached hydrogens (tertiary/aromatic N) is 3. The summed E-state index contributed by atoms with van der Waals surface area (Å²) in [4.78, 5) is 27.3. The first-order valence-electron chi connectivity index (χ1n) is 11.6. The molecule has 3 atom stereocenters. The number of rotatable bonds is 5. The first-order chi connectivity index (χ1) is 17.6. The second-order valence-electron chi connectivity index (χ2n) is 9.13. The quantitative estimate of drug-likeness (QED) is 0.364. The number of benzene rings is 3. The molecular weight excluding hydrogens is 505 g/mol. The lowest BCUT2D eigenvalue weighted by Gasteiger charge is -2.30. The van der Waals surface area contributed by atoms with E-state index in [9.17, 15) is 22.8 Å². The number of halogens is 4. The van der Waals surface area contributed by atoms with Crippen molar-refractivity contribution in [1.29, 1.82) is 0 Å². The standard InChI is InChI=1S/C27H22ClF3N4O2/c1-15-23(33-26(37)27(2,30)31)24(20-5-3-4-6-21(20)28)34(25(15)36)19-11-12-22-16(13-19)14-32-35(22)18-9-7-17(29)8-10-18/h3-15,23-24H,1-2H3,(H,33,37)/t15-,23-,24?/m0/s1. The van der Waals surface area contributed by atoms with Crippen LogP contribution >= 0.6 is 11.6 Å². The van der Waals surface area contributed by atoms with Crippen LogP contribution in [0.15, 0.2) is 72.9 Å². The summed E-state index contributed by atoms with van der Waals surface area (Å²) in [6, 6.07) is 16.2. The van der Waals surface area contributed by atoms with Crippen LogP contribution in [0.3, 0.4) is 0 Å². The van der Waals surface area contributed by atoms with Crippen LogP contribution in [0, 0.1) is 11.7 Å². The van der Waals surface area contributed by atoms with Crippen LogP contribution in [0.25, 0.3) is 16.6 Å². The van der Waals surface area contributed by atoms with Gasteiger partial charge in [0.2, 0.25) is 5.91 Å². The van der Waals surface area contributed by atoms with Crippen molar-refractivity contribution >= 4 is 40.0 Å². The van der Waals surface area contributed by atoms with Crippen LogP contribution in [0.5, 0.6) is 0 Å². The van der Waals surface area contributed by atoms with Crippen LogP contribution in [0.1, 0.15) is 25.5 Å². The van der Waals surface area contributed by atoms with Gasteiger partial charge in [-0.3, -0.25) is 9.59 Å². The minimum atomic E-state index is -3.62. The summed E-state index contributed by atoms with van der Waals surface area (Å²) in [6.07, 6.45) is 1.62. The summed E-state index contributed by atoms with van der Waals surface area (Å²) in [5, 5.41) is 7.83. The molecule has 0 radical (unpaired) electrons. The molecule has 1 aliphatic heterocycles. The van der Waals surface area contributed by atoms with Crippen molar-refractivity contribution in [3.8, 4) is 5.69 Å². The van der Waals surface area contributed by atoms with Gasteiger partial charge in [-0.15, -0.1) is 0 Å². The lowest BCUT2D eigenvalue weighted by molar-refractivity contribution is -0.144. The van der Waals surface area contributed by atoms with Gasteiger partial charge >= 0.3 is 5.92 Å². The van der Waals surface area contributed by atoms with Gasteiger partial charge < -0.3 is 10.2 Å². The smallest absolute Gasteiger partial charge is 0.321 e. The number of fused-ring (bicyclic) bond motifs is 1. The fraction of sp³-hybridized carbons (Fsp3) is 0.222. The van der Waals surface area contributed by atoms with E-state index in [-0.39, 0.29) is 11.7 Å². The van der Waals surface area contributed by atoms with Gasteiger partial charge in [0.1, 0.15) is 5.82 Å². The van der Waals surface area contributed by atoms with Crippen molar-refractivity contribution in [3.63, 3.8) is 0 Å². The minimum Gasteiger partial charge on any atom is -0.345 e. The fourth-order valence-corrected chi connectivity index (χ4v) is 4.97. The number of hydrogen-bond donors (Lipinski definition) is 1. The van der Waals surface area contributed by atoms with Crippen molar-refractivity contribution in [2.75, 3.05) is 4.90 Å². The highest BCUT2D eigenvalue weighted by Crippen LogP contribution is 2.43. The lowest BCUT2D eigenvalue weighted by Crippen LogP contribution is -2.48. The SMILES string of the molecule is C[C@@H]1C(=O)N(c2ccc3c(cnn3-c3ccc(F)cc3)c2)C(c2ccccc2Cl)[C@H]1NC(=O)C(C)(F)F. The summed E-state index contributed by atoms with van der Waals surface area (Å²) in [5.41, 5.74) is 2.40. The lowest BCUT2D eigenvalue weighted by atomic mass is 9.94. The van der Waals surface area contributed by atoms with Gasteiger partial charge in [0, 0.05) is 23.0 Å². The van der Waals surface area contributed by atoms with Crippen molar-refractivity contribution in [2.24, 2.45) is 5.92 Å². The maximum Gasteiger partial charge on any atom is 0.321 e. The maximum atomic E-state index is 13.8. The van der Waals surface area contributed by atoms with Crippen LogP contribution in [0.4, 0.5) is 18.9 Å². The summed E-state index contributed by atoms with van der Waals surface area (Å²) in [7, 11) is 0. The molecule has 1 unspecified atom stereocenters. The molecule has 0 saturated carbocycles. The Morgan fingerprint density at radius 1 is 1.05 bits per heavy atom. The van der Waals surface area contributed by atoms with Crippen molar-refractivity contribution in [3.05, 3.63) is 89.3 Å². The number of carbonyl (C=O) groups is 2. The summed E-state index contributed by atoms with van der Waals surface area (Å²) < 4.78 is 42.6. The van der Waals surface area contributed by atoms with Crippen molar-refractivity contribution < 1.29 is 22.8 Å². The monoisotopic (exact) mass is 526 g/mol. The number of aromatic nitrogens is 2. The van der Waals surface area contributed by atoms with E-state index < -0.39 is 29.8 Å². The molecule has 37 heavy (non-hydrogen) atoms. The maximum absolute atomic E-state index is 13.8. The molecule has 1 fully saturated rings. The van der Waals surface area contributed by atoms with Crippen LogP contribution in [0.2, 0.25) is 5.02 Å². The highest BCUT2D eigenvalue weighted by atomic mass is 35.5. The highest BCUT2D eigenvalue weighted by molar-refractivity contribution is 6.31. The average Bonchev–Trinajstić information content (AvgIpc) is 3.38. The van der Waals surface area contributed by atoms with Crippen LogP contribution in [-0.4, -0.2) is 33.6 Å². The van der Waals surface area contributed by atoms with Crippen LogP contribution < -0.4 is 10.2 Å². The molecule has 1 aromatic heterocycles. The molecule has 2 amide bonds. The topological polar surface area (TPSA) is 67.2 Å². The number of hydrogen-bond acceptors (Lipinski definition) is 3. The van der Waals surface area contributed by atoms with Gasteiger partial charge in [-0.2, -0.15) is 13.9 Å². The second-order valence-corrected chi connectivity index (χ2v) is 9.53. The summed E-state index contributed by atoms with van der Waals surface area (Å²) in [5.74, 6) is -6.59. The van der Waals surface area contributed by atoms with E-state index in [1.54, 1.807) is 72.4 Å².